The van der Waals surface area contributed by atoms with Crippen molar-refractivity contribution in [2.75, 3.05) is 19.5 Å². The number of carbonyl (C=O) groups is 3. The first kappa shape index (κ1) is 17.3. The van der Waals surface area contributed by atoms with E-state index in [0.29, 0.717) is 5.69 Å². The molecule has 1 aromatic carbocycles. The molecule has 0 amide bonds. The van der Waals surface area contributed by atoms with Gasteiger partial charge in [0, 0.05) is 31.8 Å². The summed E-state index contributed by atoms with van der Waals surface area (Å²) in [7, 11) is 2.67. The second-order valence-electron chi connectivity index (χ2n) is 5.29. The molecular formula is C16H17NO7. The highest BCUT2D eigenvalue weighted by Crippen LogP contribution is 2.25. The van der Waals surface area contributed by atoms with Crippen LogP contribution in [0.4, 0.5) is 5.69 Å². The summed E-state index contributed by atoms with van der Waals surface area (Å²) in [6.45, 7) is 2.92. The summed E-state index contributed by atoms with van der Waals surface area (Å²) in [5.74, 6) is -3.14. The lowest BCUT2D eigenvalue weighted by Crippen LogP contribution is -2.42. The molecule has 1 N–H and O–H groups in total. The van der Waals surface area contributed by atoms with Gasteiger partial charge in [-0.25, -0.2) is 14.4 Å². The van der Waals surface area contributed by atoms with Crippen LogP contribution in [0.5, 0.6) is 5.75 Å². The molecule has 0 aromatic heterocycles. The first-order chi connectivity index (χ1) is 11.3. The number of benzene rings is 1. The Kier molecular flexibility index (Phi) is 4.77. The van der Waals surface area contributed by atoms with Gasteiger partial charge in [-0.15, -0.1) is 0 Å². The van der Waals surface area contributed by atoms with Gasteiger partial charge in [0.1, 0.15) is 11.3 Å². The minimum absolute atomic E-state index is 0.247. The molecule has 8 nitrogen and oxygen atoms in total. The molecule has 0 radical (unpaired) electrons. The Balaban J connectivity index is 2.21. The van der Waals surface area contributed by atoms with Crippen molar-refractivity contribution >= 4 is 23.6 Å². The van der Waals surface area contributed by atoms with Crippen LogP contribution in [0.3, 0.4) is 0 Å². The standard InChI is InChI=1S/C16H17NO7/c1-16(2)23-14(19)11(15(20)24-16)8-17-9-5-6-10(13(18)22-4)12(7-9)21-3/h5-8,17H,1-4H3. The summed E-state index contributed by atoms with van der Waals surface area (Å²) in [4.78, 5) is 35.3. The van der Waals surface area contributed by atoms with Gasteiger partial charge in [0.05, 0.1) is 14.2 Å². The zero-order chi connectivity index (χ0) is 17.9. The van der Waals surface area contributed by atoms with Gasteiger partial charge in [0.25, 0.3) is 5.79 Å². The number of cyclic esters (lactones) is 2. The van der Waals surface area contributed by atoms with Gasteiger partial charge < -0.3 is 24.3 Å². The molecule has 1 heterocycles. The maximum Gasteiger partial charge on any atom is 0.350 e. The van der Waals surface area contributed by atoms with Gasteiger partial charge in [0.15, 0.2) is 5.57 Å². The maximum absolute atomic E-state index is 11.8. The van der Waals surface area contributed by atoms with Crippen LogP contribution in [-0.2, 0) is 23.8 Å². The largest absolute Gasteiger partial charge is 0.496 e. The quantitative estimate of drug-likeness (QED) is 0.503. The number of nitrogens with one attached hydrogen (secondary N) is 1. The molecule has 1 aliphatic rings. The fourth-order valence-corrected chi connectivity index (χ4v) is 1.99. The molecule has 0 unspecified atom stereocenters. The fourth-order valence-electron chi connectivity index (χ4n) is 1.99. The van der Waals surface area contributed by atoms with E-state index in [4.69, 9.17) is 14.2 Å². The summed E-state index contributed by atoms with van der Waals surface area (Å²) in [5.41, 5.74) is 0.458. The van der Waals surface area contributed by atoms with Gasteiger partial charge in [-0.3, -0.25) is 0 Å². The highest BCUT2D eigenvalue weighted by molar-refractivity contribution is 6.15. The third-order valence-electron chi connectivity index (χ3n) is 3.11. The van der Waals surface area contributed by atoms with Crippen molar-refractivity contribution in [3.8, 4) is 5.75 Å². The zero-order valence-corrected chi connectivity index (χ0v) is 13.7. The molecule has 2 rings (SSSR count). The summed E-state index contributed by atoms with van der Waals surface area (Å²) in [5, 5.41) is 2.77. The van der Waals surface area contributed by atoms with E-state index in [0.717, 1.165) is 0 Å². The Bertz CT molecular complexity index is 699. The SMILES string of the molecule is COC(=O)c1ccc(NC=C2C(=O)OC(C)(C)OC2=O)cc1OC. The number of ether oxygens (including phenoxy) is 4. The van der Waals surface area contributed by atoms with Crippen molar-refractivity contribution in [3.05, 3.63) is 35.5 Å². The predicted molar refractivity (Wildman–Crippen MR) is 82.3 cm³/mol. The molecule has 1 fully saturated rings. The van der Waals surface area contributed by atoms with Crippen LogP contribution < -0.4 is 10.1 Å². The Morgan fingerprint density at radius 1 is 1.17 bits per heavy atom. The van der Waals surface area contributed by atoms with E-state index in [1.165, 1.54) is 46.4 Å². The summed E-state index contributed by atoms with van der Waals surface area (Å²) >= 11 is 0. The van der Waals surface area contributed by atoms with Crippen molar-refractivity contribution in [1.82, 2.24) is 0 Å². The van der Waals surface area contributed by atoms with E-state index in [1.54, 1.807) is 6.07 Å². The molecular weight excluding hydrogens is 318 g/mol. The molecule has 0 aliphatic carbocycles. The van der Waals surface area contributed by atoms with Gasteiger partial charge >= 0.3 is 17.9 Å². The number of esters is 3. The minimum Gasteiger partial charge on any atom is -0.496 e. The number of methoxy groups -OCH3 is 2. The monoisotopic (exact) mass is 335 g/mol. The van der Waals surface area contributed by atoms with E-state index in [9.17, 15) is 14.4 Å². The highest BCUT2D eigenvalue weighted by atomic mass is 16.7. The average Bonchev–Trinajstić information content (AvgIpc) is 2.52. The Morgan fingerprint density at radius 3 is 2.33 bits per heavy atom. The number of hydrogen-bond acceptors (Lipinski definition) is 8. The van der Waals surface area contributed by atoms with Crippen LogP contribution in [0.1, 0.15) is 24.2 Å². The van der Waals surface area contributed by atoms with E-state index in [-0.39, 0.29) is 16.9 Å². The Hall–Kier alpha value is -3.03. The van der Waals surface area contributed by atoms with E-state index >= 15 is 0 Å². The zero-order valence-electron chi connectivity index (χ0n) is 13.7. The van der Waals surface area contributed by atoms with E-state index < -0.39 is 23.7 Å². The Labute approximate surface area is 138 Å². The highest BCUT2D eigenvalue weighted by Gasteiger charge is 2.38. The summed E-state index contributed by atoms with van der Waals surface area (Å²) in [6.07, 6.45) is 1.17. The third kappa shape index (κ3) is 3.65. The lowest BCUT2D eigenvalue weighted by atomic mass is 10.1. The van der Waals surface area contributed by atoms with Crippen LogP contribution in [0.15, 0.2) is 30.0 Å². The van der Waals surface area contributed by atoms with E-state index in [2.05, 4.69) is 10.1 Å². The molecule has 1 saturated heterocycles. The number of carbonyl (C=O) groups excluding carboxylic acids is 3. The van der Waals surface area contributed by atoms with Crippen molar-refractivity contribution in [3.63, 3.8) is 0 Å². The first-order valence-electron chi connectivity index (χ1n) is 6.97. The van der Waals surface area contributed by atoms with Crippen LogP contribution >= 0.6 is 0 Å². The predicted octanol–water partition coefficient (Wildman–Crippen LogP) is 1.61. The van der Waals surface area contributed by atoms with Crippen molar-refractivity contribution in [2.24, 2.45) is 0 Å². The molecule has 0 spiro atoms. The number of hydrogen-bond donors (Lipinski definition) is 1. The molecule has 128 valence electrons. The topological polar surface area (TPSA) is 100 Å². The van der Waals surface area contributed by atoms with Gasteiger partial charge in [-0.05, 0) is 12.1 Å². The van der Waals surface area contributed by atoms with Crippen LogP contribution in [0.2, 0.25) is 0 Å². The molecule has 24 heavy (non-hydrogen) atoms. The first-order valence-corrected chi connectivity index (χ1v) is 6.97. The van der Waals surface area contributed by atoms with Gasteiger partial charge in [-0.1, -0.05) is 0 Å². The van der Waals surface area contributed by atoms with Crippen molar-refractivity contribution in [2.45, 2.75) is 19.6 Å². The van der Waals surface area contributed by atoms with E-state index in [1.807, 2.05) is 0 Å². The minimum atomic E-state index is -1.29. The second-order valence-corrected chi connectivity index (χ2v) is 5.29. The normalized spacial score (nSPS) is 15.9. The van der Waals surface area contributed by atoms with Crippen molar-refractivity contribution < 1.29 is 33.3 Å². The number of rotatable bonds is 4. The van der Waals surface area contributed by atoms with Gasteiger partial charge in [-0.2, -0.15) is 0 Å². The number of anilines is 1. The van der Waals surface area contributed by atoms with Crippen LogP contribution in [-0.4, -0.2) is 37.9 Å². The Morgan fingerprint density at radius 2 is 1.79 bits per heavy atom. The second kappa shape index (κ2) is 6.61. The lowest BCUT2D eigenvalue weighted by Gasteiger charge is -2.29. The van der Waals surface area contributed by atoms with Crippen LogP contribution in [0.25, 0.3) is 0 Å². The lowest BCUT2D eigenvalue weighted by molar-refractivity contribution is -0.222. The third-order valence-corrected chi connectivity index (χ3v) is 3.11. The van der Waals surface area contributed by atoms with Crippen LogP contribution in [0, 0.1) is 0 Å². The molecule has 0 bridgehead atoms. The maximum atomic E-state index is 11.8. The fraction of sp³-hybridized carbons (Fsp3) is 0.312. The smallest absolute Gasteiger partial charge is 0.350 e. The van der Waals surface area contributed by atoms with Crippen molar-refractivity contribution in [1.29, 1.82) is 0 Å². The average molecular weight is 335 g/mol. The summed E-state index contributed by atoms with van der Waals surface area (Å²) in [6, 6.07) is 4.58. The van der Waals surface area contributed by atoms with Gasteiger partial charge in [0.2, 0.25) is 0 Å². The molecule has 0 saturated carbocycles. The molecule has 0 atom stereocenters. The molecule has 8 heteroatoms. The molecule has 1 aromatic rings. The summed E-state index contributed by atoms with van der Waals surface area (Å²) < 4.78 is 19.7. The molecule has 1 aliphatic heterocycles.